The lowest BCUT2D eigenvalue weighted by Gasteiger charge is -2.36. The van der Waals surface area contributed by atoms with Gasteiger partial charge in [0.05, 0.1) is 31.6 Å². The fraction of sp³-hybridized carbons (Fsp3) is 0.500. The molecule has 0 saturated carbocycles. The van der Waals surface area contributed by atoms with Gasteiger partial charge in [-0.1, -0.05) is 0 Å². The molecule has 0 aromatic heterocycles. The van der Waals surface area contributed by atoms with E-state index in [1.807, 2.05) is 6.92 Å². The zero-order valence-electron chi connectivity index (χ0n) is 11.7. The van der Waals surface area contributed by atoms with E-state index in [0.29, 0.717) is 30.1 Å². The van der Waals surface area contributed by atoms with E-state index in [-0.39, 0.29) is 24.7 Å². The zero-order valence-corrected chi connectivity index (χ0v) is 11.7. The Bertz CT molecular complexity index is 492. The van der Waals surface area contributed by atoms with Crippen LogP contribution in [-0.2, 0) is 4.74 Å². The third kappa shape index (κ3) is 3.02. The number of benzene rings is 1. The van der Waals surface area contributed by atoms with Crippen molar-refractivity contribution >= 4 is 11.6 Å². The lowest BCUT2D eigenvalue weighted by Crippen LogP contribution is -2.50. The summed E-state index contributed by atoms with van der Waals surface area (Å²) in [5.74, 6) is 0.429. The van der Waals surface area contributed by atoms with Crippen LogP contribution in [0.15, 0.2) is 18.2 Å². The first-order valence-corrected chi connectivity index (χ1v) is 6.54. The van der Waals surface area contributed by atoms with Crippen LogP contribution in [0, 0.1) is 0 Å². The number of hydrogen-bond acceptors (Lipinski definition) is 5. The van der Waals surface area contributed by atoms with Crippen molar-refractivity contribution < 1.29 is 19.4 Å². The van der Waals surface area contributed by atoms with Crippen LogP contribution < -0.4 is 10.5 Å². The number of nitrogen functional groups attached to an aromatic ring is 1. The molecule has 2 atom stereocenters. The van der Waals surface area contributed by atoms with Gasteiger partial charge in [0, 0.05) is 18.7 Å². The molecule has 1 saturated heterocycles. The third-order valence-electron chi connectivity index (χ3n) is 3.29. The van der Waals surface area contributed by atoms with E-state index in [4.69, 9.17) is 15.2 Å². The van der Waals surface area contributed by atoms with Gasteiger partial charge < -0.3 is 25.2 Å². The molecule has 3 N–H and O–H groups in total. The second-order valence-electron chi connectivity index (χ2n) is 4.92. The van der Waals surface area contributed by atoms with Crippen molar-refractivity contribution in [1.82, 2.24) is 4.90 Å². The van der Waals surface area contributed by atoms with Gasteiger partial charge in [0.2, 0.25) is 0 Å². The van der Waals surface area contributed by atoms with E-state index in [0.717, 1.165) is 0 Å². The average Bonchev–Trinajstić information content (AvgIpc) is 2.45. The van der Waals surface area contributed by atoms with Crippen LogP contribution >= 0.6 is 0 Å². The maximum Gasteiger partial charge on any atom is 0.254 e. The predicted octanol–water partition coefficient (Wildman–Crippen LogP) is 0.499. The smallest absolute Gasteiger partial charge is 0.254 e. The Morgan fingerprint density at radius 3 is 2.90 bits per heavy atom. The van der Waals surface area contributed by atoms with Gasteiger partial charge in [0.15, 0.2) is 0 Å². The number of methoxy groups -OCH3 is 1. The highest BCUT2D eigenvalue weighted by Gasteiger charge is 2.28. The minimum Gasteiger partial charge on any atom is -0.495 e. The van der Waals surface area contributed by atoms with Crippen LogP contribution in [-0.4, -0.2) is 54.9 Å². The van der Waals surface area contributed by atoms with Crippen LogP contribution in [0.4, 0.5) is 5.69 Å². The normalized spacial score (nSPS) is 22.6. The standard InChI is InChI=1S/C14H20N2O4/c1-9-6-16(7-11(8-17)20-9)14(18)10-3-4-13(19-2)12(15)5-10/h3-5,9,11,17H,6-8,15H2,1-2H3. The number of nitrogens with two attached hydrogens (primary N) is 1. The summed E-state index contributed by atoms with van der Waals surface area (Å²) < 4.78 is 10.6. The number of morpholine rings is 1. The van der Waals surface area contributed by atoms with Crippen molar-refractivity contribution in [2.75, 3.05) is 32.5 Å². The monoisotopic (exact) mass is 280 g/mol. The highest BCUT2D eigenvalue weighted by atomic mass is 16.5. The molecule has 110 valence electrons. The number of aliphatic hydroxyl groups excluding tert-OH is 1. The minimum atomic E-state index is -0.335. The molecule has 1 fully saturated rings. The average molecular weight is 280 g/mol. The van der Waals surface area contributed by atoms with E-state index in [1.54, 1.807) is 23.1 Å². The first kappa shape index (κ1) is 14.6. The van der Waals surface area contributed by atoms with E-state index >= 15 is 0 Å². The number of nitrogens with zero attached hydrogens (tertiary/aromatic N) is 1. The van der Waals surface area contributed by atoms with E-state index in [2.05, 4.69) is 0 Å². The van der Waals surface area contributed by atoms with Crippen LogP contribution in [0.3, 0.4) is 0 Å². The van der Waals surface area contributed by atoms with Gasteiger partial charge in [-0.3, -0.25) is 4.79 Å². The van der Waals surface area contributed by atoms with Crippen molar-refractivity contribution in [2.45, 2.75) is 19.1 Å². The quantitative estimate of drug-likeness (QED) is 0.788. The molecule has 0 radical (unpaired) electrons. The van der Waals surface area contributed by atoms with Crippen LogP contribution in [0.1, 0.15) is 17.3 Å². The number of rotatable bonds is 3. The Labute approximate surface area is 118 Å². The summed E-state index contributed by atoms with van der Waals surface area (Å²) in [6, 6.07) is 4.97. The zero-order chi connectivity index (χ0) is 14.7. The van der Waals surface area contributed by atoms with Crippen molar-refractivity contribution in [3.8, 4) is 5.75 Å². The second-order valence-corrected chi connectivity index (χ2v) is 4.92. The minimum absolute atomic E-state index is 0.0968. The summed E-state index contributed by atoms with van der Waals surface area (Å²) in [4.78, 5) is 14.1. The number of amides is 1. The summed E-state index contributed by atoms with van der Waals surface area (Å²) in [5, 5.41) is 9.19. The van der Waals surface area contributed by atoms with Gasteiger partial charge in [-0.05, 0) is 25.1 Å². The molecule has 0 aliphatic carbocycles. The first-order valence-electron chi connectivity index (χ1n) is 6.54. The van der Waals surface area contributed by atoms with E-state index in [9.17, 15) is 9.90 Å². The Kier molecular flexibility index (Phi) is 4.46. The summed E-state index contributed by atoms with van der Waals surface area (Å²) in [7, 11) is 1.53. The summed E-state index contributed by atoms with van der Waals surface area (Å²) in [6.07, 6.45) is -0.432. The molecule has 6 heteroatoms. The van der Waals surface area contributed by atoms with Gasteiger partial charge in [-0.2, -0.15) is 0 Å². The van der Waals surface area contributed by atoms with Crippen molar-refractivity contribution in [1.29, 1.82) is 0 Å². The summed E-state index contributed by atoms with van der Waals surface area (Å²) in [5.41, 5.74) is 6.76. The molecule has 2 rings (SSSR count). The first-order chi connectivity index (χ1) is 9.55. The Hall–Kier alpha value is -1.79. The van der Waals surface area contributed by atoms with Gasteiger partial charge in [0.1, 0.15) is 5.75 Å². The lowest BCUT2D eigenvalue weighted by molar-refractivity contribution is -0.0858. The molecule has 0 bridgehead atoms. The largest absolute Gasteiger partial charge is 0.495 e. The molecule has 1 aromatic carbocycles. The molecular weight excluding hydrogens is 260 g/mol. The number of carbonyl (C=O) groups excluding carboxylic acids is 1. The van der Waals surface area contributed by atoms with Gasteiger partial charge in [0.25, 0.3) is 5.91 Å². The fourth-order valence-corrected chi connectivity index (χ4v) is 2.36. The van der Waals surface area contributed by atoms with E-state index < -0.39 is 0 Å². The number of aliphatic hydroxyl groups is 1. The lowest BCUT2D eigenvalue weighted by atomic mass is 10.1. The maximum atomic E-state index is 12.5. The third-order valence-corrected chi connectivity index (χ3v) is 3.29. The van der Waals surface area contributed by atoms with Gasteiger partial charge >= 0.3 is 0 Å². The number of carbonyl (C=O) groups is 1. The Morgan fingerprint density at radius 1 is 1.55 bits per heavy atom. The number of hydrogen-bond donors (Lipinski definition) is 2. The summed E-state index contributed by atoms with van der Waals surface area (Å²) >= 11 is 0. The molecule has 20 heavy (non-hydrogen) atoms. The predicted molar refractivity (Wildman–Crippen MR) is 74.7 cm³/mol. The molecule has 6 nitrogen and oxygen atoms in total. The summed E-state index contributed by atoms with van der Waals surface area (Å²) in [6.45, 7) is 2.66. The molecule has 1 aliphatic rings. The van der Waals surface area contributed by atoms with Crippen LogP contribution in [0.25, 0.3) is 0 Å². The van der Waals surface area contributed by atoms with Crippen molar-refractivity contribution in [2.24, 2.45) is 0 Å². The van der Waals surface area contributed by atoms with Gasteiger partial charge in [-0.25, -0.2) is 0 Å². The van der Waals surface area contributed by atoms with Crippen LogP contribution in [0.2, 0.25) is 0 Å². The van der Waals surface area contributed by atoms with Crippen molar-refractivity contribution in [3.05, 3.63) is 23.8 Å². The second kappa shape index (κ2) is 6.11. The molecule has 1 heterocycles. The molecule has 1 aromatic rings. The molecule has 1 aliphatic heterocycles. The van der Waals surface area contributed by atoms with Gasteiger partial charge in [-0.15, -0.1) is 0 Å². The molecule has 1 amide bonds. The maximum absolute atomic E-state index is 12.5. The fourth-order valence-electron chi connectivity index (χ4n) is 2.36. The number of ether oxygens (including phenoxy) is 2. The highest BCUT2D eigenvalue weighted by Crippen LogP contribution is 2.23. The topological polar surface area (TPSA) is 85.0 Å². The van der Waals surface area contributed by atoms with Crippen LogP contribution in [0.5, 0.6) is 5.75 Å². The van der Waals surface area contributed by atoms with Crippen molar-refractivity contribution in [3.63, 3.8) is 0 Å². The Morgan fingerprint density at radius 2 is 2.30 bits per heavy atom. The molecule has 0 spiro atoms. The highest BCUT2D eigenvalue weighted by molar-refractivity contribution is 5.95. The van der Waals surface area contributed by atoms with E-state index in [1.165, 1.54) is 7.11 Å². The SMILES string of the molecule is COc1ccc(C(=O)N2CC(C)OC(CO)C2)cc1N. The molecule has 2 unspecified atom stereocenters. The number of anilines is 1. The Balaban J connectivity index is 2.16. The molecular formula is C14H20N2O4.